The van der Waals surface area contributed by atoms with Crippen molar-refractivity contribution in [3.05, 3.63) is 96.9 Å². The number of benzene rings is 3. The molecule has 0 saturated carbocycles. The summed E-state index contributed by atoms with van der Waals surface area (Å²) in [4.78, 5) is 16.4. The van der Waals surface area contributed by atoms with Crippen molar-refractivity contribution in [2.24, 2.45) is 7.05 Å². The SMILES string of the molecule is CCn1c(=O)/c(=C2/Sc3ccc(OC)cc3N2C)s/c1=C\c1sc2ccccc2[n+]1C.Cc1ccc(S(=O)(=O)[O-])cc1. The molecule has 42 heavy (non-hydrogen) atoms. The lowest BCUT2D eigenvalue weighted by molar-refractivity contribution is -0.642. The summed E-state index contributed by atoms with van der Waals surface area (Å²) >= 11 is 4.95. The van der Waals surface area contributed by atoms with Gasteiger partial charge in [0.05, 0.1) is 23.8 Å². The number of fused-ring (bicyclic) bond motifs is 2. The van der Waals surface area contributed by atoms with Gasteiger partial charge in [0.15, 0.2) is 0 Å². The Labute approximate surface area is 256 Å². The lowest BCUT2D eigenvalue weighted by Gasteiger charge is -2.13. The molecule has 0 aliphatic carbocycles. The highest BCUT2D eigenvalue weighted by atomic mass is 32.2. The average molecular weight is 640 g/mol. The topological polar surface area (TPSA) is 95.6 Å². The van der Waals surface area contributed by atoms with Gasteiger partial charge in [-0.2, -0.15) is 4.57 Å². The van der Waals surface area contributed by atoms with E-state index in [0.717, 1.165) is 41.1 Å². The fourth-order valence-corrected chi connectivity index (χ4v) is 8.54. The van der Waals surface area contributed by atoms with E-state index in [2.05, 4.69) is 52.9 Å². The van der Waals surface area contributed by atoms with Crippen molar-refractivity contribution in [2.45, 2.75) is 30.2 Å². The zero-order valence-corrected chi connectivity index (χ0v) is 26.9. The zero-order valence-electron chi connectivity index (χ0n) is 23.7. The number of para-hydroxylation sites is 1. The van der Waals surface area contributed by atoms with Gasteiger partial charge in [-0.3, -0.25) is 9.36 Å². The number of rotatable bonds is 4. The fraction of sp³-hybridized carbons (Fsp3) is 0.200. The molecule has 1 aliphatic rings. The summed E-state index contributed by atoms with van der Waals surface area (Å²) in [5.74, 6) is 0.816. The van der Waals surface area contributed by atoms with E-state index in [4.69, 9.17) is 4.74 Å². The Morgan fingerprint density at radius 3 is 2.40 bits per heavy atom. The van der Waals surface area contributed by atoms with E-state index < -0.39 is 10.1 Å². The van der Waals surface area contributed by atoms with Crippen molar-refractivity contribution in [1.82, 2.24) is 4.57 Å². The highest BCUT2D eigenvalue weighted by Crippen LogP contribution is 2.46. The molecule has 5 aromatic rings. The molecular weight excluding hydrogens is 611 g/mol. The van der Waals surface area contributed by atoms with E-state index in [1.54, 1.807) is 53.7 Å². The number of aromatic nitrogens is 2. The van der Waals surface area contributed by atoms with Crippen LogP contribution in [0.5, 0.6) is 5.75 Å². The number of hydrogen-bond donors (Lipinski definition) is 0. The molecule has 0 fully saturated rings. The first kappa shape index (κ1) is 30.1. The third-order valence-corrected chi connectivity index (χ3v) is 11.3. The van der Waals surface area contributed by atoms with Crippen molar-refractivity contribution < 1.29 is 22.3 Å². The summed E-state index contributed by atoms with van der Waals surface area (Å²) in [6.07, 6.45) is 2.14. The van der Waals surface area contributed by atoms with Gasteiger partial charge in [0.25, 0.3) is 10.6 Å². The van der Waals surface area contributed by atoms with E-state index in [-0.39, 0.29) is 10.5 Å². The van der Waals surface area contributed by atoms with Crippen LogP contribution in [-0.2, 0) is 23.7 Å². The molecule has 0 N–H and O–H groups in total. The van der Waals surface area contributed by atoms with Gasteiger partial charge in [0.1, 0.15) is 41.8 Å². The first-order chi connectivity index (χ1) is 20.0. The van der Waals surface area contributed by atoms with E-state index in [9.17, 15) is 17.8 Å². The Hall–Kier alpha value is -3.42. The molecule has 6 rings (SSSR count). The van der Waals surface area contributed by atoms with Crippen molar-refractivity contribution in [2.75, 3.05) is 19.1 Å². The minimum Gasteiger partial charge on any atom is -0.744 e. The Bertz CT molecular complexity index is 2080. The van der Waals surface area contributed by atoms with Crippen molar-refractivity contribution in [1.29, 1.82) is 0 Å². The highest BCUT2D eigenvalue weighted by Gasteiger charge is 2.25. The van der Waals surface area contributed by atoms with Gasteiger partial charge in [-0.25, -0.2) is 8.42 Å². The predicted octanol–water partition coefficient (Wildman–Crippen LogP) is 4.01. The van der Waals surface area contributed by atoms with Gasteiger partial charge < -0.3 is 14.2 Å². The van der Waals surface area contributed by atoms with Crippen molar-refractivity contribution in [3.8, 4) is 5.75 Å². The molecule has 0 radical (unpaired) electrons. The number of thioether (sulfide) groups is 1. The van der Waals surface area contributed by atoms with Crippen LogP contribution in [0.1, 0.15) is 17.5 Å². The molecule has 218 valence electrons. The zero-order chi connectivity index (χ0) is 30.2. The summed E-state index contributed by atoms with van der Waals surface area (Å²) in [5.41, 5.74) is 3.26. The summed E-state index contributed by atoms with van der Waals surface area (Å²) in [7, 11) is 1.49. The van der Waals surface area contributed by atoms with Crippen molar-refractivity contribution >= 4 is 71.6 Å². The molecule has 0 atom stereocenters. The quantitative estimate of drug-likeness (QED) is 0.217. The molecular formula is C30H29N3O5S4. The van der Waals surface area contributed by atoms with Crippen molar-refractivity contribution in [3.63, 3.8) is 0 Å². The standard InChI is InChI=1S/C23H22N3O2S3.C7H8O3S/c1-5-26-20(13-19-24(2)15-8-6-7-9-17(15)29-19)31-21(22(26)27)23-25(3)16-12-14(28-4)10-11-18(16)30-23;1-6-2-4-7(5-3-6)11(8,9)10/h6-13H,5H2,1-4H3;2-5H,1H3,(H,8,9,10)/q+1;/p-1/b23-21-;. The smallest absolute Gasteiger partial charge is 0.271 e. The maximum Gasteiger partial charge on any atom is 0.271 e. The van der Waals surface area contributed by atoms with Crippen LogP contribution in [0, 0.1) is 6.92 Å². The molecule has 12 heteroatoms. The third kappa shape index (κ3) is 5.90. The number of aryl methyl sites for hydroxylation is 2. The maximum absolute atomic E-state index is 13.3. The largest absolute Gasteiger partial charge is 0.744 e. The molecule has 2 aromatic heterocycles. The molecule has 1 aliphatic heterocycles. The Morgan fingerprint density at radius 2 is 1.76 bits per heavy atom. The van der Waals surface area contributed by atoms with E-state index in [1.165, 1.54) is 22.3 Å². The van der Waals surface area contributed by atoms with Crippen LogP contribution < -0.4 is 29.0 Å². The second-order valence-corrected chi connectivity index (χ2v) is 14.0. The molecule has 0 unspecified atom stereocenters. The molecule has 0 bridgehead atoms. The Kier molecular flexibility index (Phi) is 8.63. The van der Waals surface area contributed by atoms with Crippen LogP contribution in [0.2, 0.25) is 0 Å². The number of nitrogens with zero attached hydrogens (tertiary/aromatic N) is 3. The van der Waals surface area contributed by atoms with E-state index in [1.807, 2.05) is 37.6 Å². The third-order valence-electron chi connectivity index (χ3n) is 6.79. The van der Waals surface area contributed by atoms with Crippen LogP contribution in [0.3, 0.4) is 0 Å². The van der Waals surface area contributed by atoms with Gasteiger partial charge in [0.2, 0.25) is 5.52 Å². The predicted molar refractivity (Wildman–Crippen MR) is 170 cm³/mol. The van der Waals surface area contributed by atoms with Crippen LogP contribution >= 0.6 is 34.4 Å². The van der Waals surface area contributed by atoms with Gasteiger partial charge in [-0.05, 0) is 44.2 Å². The Morgan fingerprint density at radius 1 is 1.05 bits per heavy atom. The highest BCUT2D eigenvalue weighted by molar-refractivity contribution is 8.08. The fourth-order valence-electron chi connectivity index (χ4n) is 4.48. The number of hydrogen-bond acceptors (Lipinski definition) is 9. The second kappa shape index (κ2) is 12.1. The summed E-state index contributed by atoms with van der Waals surface area (Å²) in [6.45, 7) is 4.48. The van der Waals surface area contributed by atoms with Crippen LogP contribution in [0.4, 0.5) is 5.69 Å². The molecule has 3 heterocycles. The minimum atomic E-state index is -4.27. The monoisotopic (exact) mass is 639 g/mol. The second-order valence-electron chi connectivity index (χ2n) is 9.50. The van der Waals surface area contributed by atoms with E-state index in [0.29, 0.717) is 6.54 Å². The Balaban J connectivity index is 0.000000271. The average Bonchev–Trinajstić information content (AvgIpc) is 3.58. The van der Waals surface area contributed by atoms with Crippen LogP contribution in [0.15, 0.2) is 81.3 Å². The minimum absolute atomic E-state index is 0.0663. The number of ether oxygens (including phenoxy) is 1. The summed E-state index contributed by atoms with van der Waals surface area (Å²) in [6, 6.07) is 20.2. The molecule has 8 nitrogen and oxygen atoms in total. The summed E-state index contributed by atoms with van der Waals surface area (Å²) in [5, 5.41) is 2.10. The lowest BCUT2D eigenvalue weighted by atomic mass is 10.2. The number of methoxy groups -OCH3 is 1. The summed E-state index contributed by atoms with van der Waals surface area (Å²) < 4.78 is 43.6. The number of thiazole rings is 2. The lowest BCUT2D eigenvalue weighted by Crippen LogP contribution is -2.34. The molecule has 0 saturated heterocycles. The van der Waals surface area contributed by atoms with Crippen LogP contribution in [-0.4, -0.2) is 31.7 Å². The molecule has 3 aromatic carbocycles. The first-order valence-electron chi connectivity index (χ1n) is 13.0. The normalized spacial score (nSPS) is 14.6. The first-order valence-corrected chi connectivity index (χ1v) is 16.8. The van der Waals surface area contributed by atoms with Gasteiger partial charge in [-0.1, -0.05) is 52.9 Å². The van der Waals surface area contributed by atoms with Crippen LogP contribution in [0.25, 0.3) is 21.3 Å². The van der Waals surface area contributed by atoms with Gasteiger partial charge in [-0.15, -0.1) is 11.3 Å². The van der Waals surface area contributed by atoms with Gasteiger partial charge in [0, 0.05) is 30.6 Å². The molecule has 0 amide bonds. The maximum atomic E-state index is 13.3. The molecule has 0 spiro atoms. The number of anilines is 1. The van der Waals surface area contributed by atoms with Gasteiger partial charge >= 0.3 is 0 Å². The van der Waals surface area contributed by atoms with E-state index >= 15 is 0 Å².